The molecule has 0 aliphatic carbocycles. The average molecular weight is 385 g/mol. The summed E-state index contributed by atoms with van der Waals surface area (Å²) in [6, 6.07) is 13.8. The van der Waals surface area contributed by atoms with Gasteiger partial charge in [0, 0.05) is 0 Å². The van der Waals surface area contributed by atoms with Crippen LogP contribution < -0.4 is 10.1 Å². The second kappa shape index (κ2) is 10.1. The number of amides is 1. The molecule has 0 aromatic heterocycles. The molecule has 1 unspecified atom stereocenters. The van der Waals surface area contributed by atoms with Crippen molar-refractivity contribution in [1.29, 1.82) is 0 Å². The van der Waals surface area contributed by atoms with Gasteiger partial charge in [-0.25, -0.2) is 14.4 Å². The Morgan fingerprint density at radius 2 is 1.68 bits per heavy atom. The molecule has 2 atom stereocenters. The summed E-state index contributed by atoms with van der Waals surface area (Å²) in [5, 5.41) is 11.5. The van der Waals surface area contributed by atoms with Crippen molar-refractivity contribution >= 4 is 18.0 Å². The molecule has 0 fully saturated rings. The maximum absolute atomic E-state index is 12.5. The lowest BCUT2D eigenvalue weighted by molar-refractivity contribution is -0.138. The molecule has 148 valence electrons. The Labute approximate surface area is 163 Å². The van der Waals surface area contributed by atoms with E-state index < -0.39 is 24.1 Å². The van der Waals surface area contributed by atoms with Gasteiger partial charge in [0.2, 0.25) is 0 Å². The lowest BCUT2D eigenvalue weighted by atomic mass is 9.99. The number of carbonyl (C=O) groups is 3. The van der Waals surface area contributed by atoms with E-state index in [0.29, 0.717) is 6.42 Å². The molecule has 0 aliphatic rings. The van der Waals surface area contributed by atoms with Crippen molar-refractivity contribution in [3.8, 4) is 5.75 Å². The number of nitrogens with one attached hydrogen (secondary N) is 1. The maximum atomic E-state index is 12.5. The molecule has 2 aromatic rings. The van der Waals surface area contributed by atoms with Crippen LogP contribution in [0.3, 0.4) is 0 Å². The maximum Gasteiger partial charge on any atom is 0.408 e. The van der Waals surface area contributed by atoms with Crippen molar-refractivity contribution in [2.45, 2.75) is 32.9 Å². The largest absolute Gasteiger partial charge is 0.478 e. The van der Waals surface area contributed by atoms with Gasteiger partial charge >= 0.3 is 18.0 Å². The highest BCUT2D eigenvalue weighted by atomic mass is 16.6. The second-order valence-corrected chi connectivity index (χ2v) is 6.32. The molecular formula is C21H23NO6. The molecule has 28 heavy (non-hydrogen) atoms. The fourth-order valence-corrected chi connectivity index (χ4v) is 2.41. The van der Waals surface area contributed by atoms with Gasteiger partial charge in [0.05, 0.1) is 5.56 Å². The minimum atomic E-state index is -1.07. The molecule has 0 spiro atoms. The van der Waals surface area contributed by atoms with Crippen molar-refractivity contribution < 1.29 is 29.0 Å². The lowest BCUT2D eigenvalue weighted by Crippen LogP contribution is -2.47. The topological polar surface area (TPSA) is 102 Å². The fourth-order valence-electron chi connectivity index (χ4n) is 2.41. The molecule has 2 aromatic carbocycles. The standard InChI is InChI=1S/C21H23NO6/c1-3-14(2)18(22-21(26)27-13-15-7-5-4-6-8-15)20(25)28-17-11-9-16(10-12-17)19(23)24/h4-12,14,18H,3,13H2,1-2H3,(H,22,26)(H,23,24)/t14?,18-/m0/s1. The Hall–Kier alpha value is -3.35. The molecule has 0 bridgehead atoms. The van der Waals surface area contributed by atoms with Crippen LogP contribution in [0.15, 0.2) is 54.6 Å². The summed E-state index contributed by atoms with van der Waals surface area (Å²) < 4.78 is 10.5. The summed E-state index contributed by atoms with van der Waals surface area (Å²) in [5.41, 5.74) is 0.916. The van der Waals surface area contributed by atoms with E-state index >= 15 is 0 Å². The van der Waals surface area contributed by atoms with Crippen LogP contribution >= 0.6 is 0 Å². The summed E-state index contributed by atoms with van der Waals surface area (Å²) in [6.07, 6.45) is -0.0798. The van der Waals surface area contributed by atoms with Crippen LogP contribution in [-0.4, -0.2) is 29.2 Å². The second-order valence-electron chi connectivity index (χ2n) is 6.32. The van der Waals surface area contributed by atoms with E-state index in [-0.39, 0.29) is 23.8 Å². The van der Waals surface area contributed by atoms with Crippen LogP contribution in [0.4, 0.5) is 4.79 Å². The molecule has 0 saturated heterocycles. The summed E-state index contributed by atoms with van der Waals surface area (Å²) in [6.45, 7) is 3.80. The number of rotatable bonds is 8. The van der Waals surface area contributed by atoms with Gasteiger partial charge in [-0.2, -0.15) is 0 Å². The highest BCUT2D eigenvalue weighted by Crippen LogP contribution is 2.16. The molecule has 0 heterocycles. The van der Waals surface area contributed by atoms with Gasteiger partial charge in [-0.3, -0.25) is 0 Å². The van der Waals surface area contributed by atoms with Crippen molar-refractivity contribution in [2.24, 2.45) is 5.92 Å². The molecule has 2 rings (SSSR count). The Kier molecular flexibility index (Phi) is 7.56. The molecule has 0 saturated carbocycles. The zero-order valence-corrected chi connectivity index (χ0v) is 15.8. The van der Waals surface area contributed by atoms with Crippen molar-refractivity contribution in [3.05, 3.63) is 65.7 Å². The number of hydrogen-bond acceptors (Lipinski definition) is 5. The number of aromatic carboxylic acids is 1. The monoisotopic (exact) mass is 385 g/mol. The minimum absolute atomic E-state index is 0.0842. The van der Waals surface area contributed by atoms with Gasteiger partial charge in [0.15, 0.2) is 0 Å². The third-order valence-corrected chi connectivity index (χ3v) is 4.27. The first-order valence-corrected chi connectivity index (χ1v) is 8.93. The zero-order chi connectivity index (χ0) is 20.5. The smallest absolute Gasteiger partial charge is 0.408 e. The Bertz CT molecular complexity index is 803. The van der Waals surface area contributed by atoms with Crippen LogP contribution in [0.2, 0.25) is 0 Å². The first-order chi connectivity index (χ1) is 13.4. The molecule has 2 N–H and O–H groups in total. The van der Waals surface area contributed by atoms with Crippen LogP contribution in [0, 0.1) is 5.92 Å². The van der Waals surface area contributed by atoms with Gasteiger partial charge < -0.3 is 19.9 Å². The van der Waals surface area contributed by atoms with E-state index in [0.717, 1.165) is 5.56 Å². The molecule has 1 amide bonds. The van der Waals surface area contributed by atoms with Crippen molar-refractivity contribution in [3.63, 3.8) is 0 Å². The fraction of sp³-hybridized carbons (Fsp3) is 0.286. The van der Waals surface area contributed by atoms with Gasteiger partial charge in [-0.1, -0.05) is 50.6 Å². The number of carbonyl (C=O) groups excluding carboxylic acids is 2. The quantitative estimate of drug-likeness (QED) is 0.531. The third-order valence-electron chi connectivity index (χ3n) is 4.27. The van der Waals surface area contributed by atoms with Gasteiger partial charge in [0.25, 0.3) is 0 Å². The Balaban J connectivity index is 1.98. The summed E-state index contributed by atoms with van der Waals surface area (Å²) in [7, 11) is 0. The van der Waals surface area contributed by atoms with E-state index in [1.54, 1.807) is 0 Å². The van der Waals surface area contributed by atoms with Crippen LogP contribution in [0.25, 0.3) is 0 Å². The normalized spacial score (nSPS) is 12.5. The first-order valence-electron chi connectivity index (χ1n) is 8.93. The number of carboxylic acid groups (broad SMARTS) is 1. The number of esters is 1. The van der Waals surface area contributed by atoms with E-state index in [2.05, 4.69) is 5.32 Å². The van der Waals surface area contributed by atoms with E-state index in [4.69, 9.17) is 14.6 Å². The van der Waals surface area contributed by atoms with Crippen LogP contribution in [0.5, 0.6) is 5.75 Å². The number of alkyl carbamates (subject to hydrolysis) is 1. The highest BCUT2D eigenvalue weighted by molar-refractivity contribution is 5.88. The molecule has 0 radical (unpaired) electrons. The van der Waals surface area contributed by atoms with Gasteiger partial charge in [0.1, 0.15) is 18.4 Å². The van der Waals surface area contributed by atoms with Crippen LogP contribution in [0.1, 0.15) is 36.2 Å². The number of benzene rings is 2. The van der Waals surface area contributed by atoms with E-state index in [1.165, 1.54) is 24.3 Å². The predicted octanol–water partition coefficient (Wildman–Crippen LogP) is 3.63. The van der Waals surface area contributed by atoms with Gasteiger partial charge in [-0.15, -0.1) is 0 Å². The SMILES string of the molecule is CCC(C)[C@H](NC(=O)OCc1ccccc1)C(=O)Oc1ccc(C(=O)O)cc1. The summed E-state index contributed by atoms with van der Waals surface area (Å²) in [5.74, 6) is -1.70. The predicted molar refractivity (Wildman–Crippen MR) is 102 cm³/mol. The minimum Gasteiger partial charge on any atom is -0.478 e. The summed E-state index contributed by atoms with van der Waals surface area (Å²) in [4.78, 5) is 35.5. The lowest BCUT2D eigenvalue weighted by Gasteiger charge is -2.22. The van der Waals surface area contributed by atoms with Crippen molar-refractivity contribution in [2.75, 3.05) is 0 Å². The first kappa shape index (κ1) is 21.0. The zero-order valence-electron chi connectivity index (χ0n) is 15.8. The molecule has 7 nitrogen and oxygen atoms in total. The van der Waals surface area contributed by atoms with E-state index in [9.17, 15) is 14.4 Å². The third kappa shape index (κ3) is 6.12. The molecule has 7 heteroatoms. The number of carboxylic acids is 1. The Morgan fingerprint density at radius 3 is 2.25 bits per heavy atom. The molecular weight excluding hydrogens is 362 g/mol. The number of hydrogen-bond donors (Lipinski definition) is 2. The summed E-state index contributed by atoms with van der Waals surface area (Å²) >= 11 is 0. The van der Waals surface area contributed by atoms with Crippen molar-refractivity contribution in [1.82, 2.24) is 5.32 Å². The highest BCUT2D eigenvalue weighted by Gasteiger charge is 2.28. The van der Waals surface area contributed by atoms with E-state index in [1.807, 2.05) is 44.2 Å². The van der Waals surface area contributed by atoms with Crippen LogP contribution in [-0.2, 0) is 16.1 Å². The van der Waals surface area contributed by atoms with Gasteiger partial charge in [-0.05, 0) is 35.7 Å². The molecule has 0 aliphatic heterocycles. The Morgan fingerprint density at radius 1 is 1.04 bits per heavy atom. The average Bonchev–Trinajstić information content (AvgIpc) is 2.71. The number of ether oxygens (including phenoxy) is 2.